The summed E-state index contributed by atoms with van der Waals surface area (Å²) in [6, 6.07) is 16.2. The number of nitrogens with two attached hydrogens (primary N) is 1. The van der Waals surface area contributed by atoms with Crippen LogP contribution in [-0.2, 0) is 10.0 Å². The predicted molar refractivity (Wildman–Crippen MR) is 131 cm³/mol. The minimum atomic E-state index is -4.17. The van der Waals surface area contributed by atoms with Gasteiger partial charge in [0.05, 0.1) is 21.8 Å². The lowest BCUT2D eigenvalue weighted by Gasteiger charge is -2.14. The smallest absolute Gasteiger partial charge is 0.262 e. The van der Waals surface area contributed by atoms with Gasteiger partial charge in [0.15, 0.2) is 5.82 Å². The zero-order chi connectivity index (χ0) is 23.8. The van der Waals surface area contributed by atoms with Crippen molar-refractivity contribution in [2.45, 2.75) is 11.8 Å². The first-order valence-corrected chi connectivity index (χ1v) is 12.7. The third-order valence-electron chi connectivity index (χ3n) is 4.85. The molecule has 0 radical (unpaired) electrons. The summed E-state index contributed by atoms with van der Waals surface area (Å²) in [4.78, 5) is 16.3. The molecule has 10 heteroatoms. The number of primary amides is 1. The Hall–Kier alpha value is -3.08. The number of sulfonamides is 1. The van der Waals surface area contributed by atoms with Gasteiger partial charge >= 0.3 is 0 Å². The summed E-state index contributed by atoms with van der Waals surface area (Å²) in [5, 5.41) is 2.10. The van der Waals surface area contributed by atoms with E-state index in [-0.39, 0.29) is 16.0 Å². The van der Waals surface area contributed by atoms with Gasteiger partial charge in [0.25, 0.3) is 15.9 Å². The second kappa shape index (κ2) is 9.05. The van der Waals surface area contributed by atoms with Crippen LogP contribution in [-0.4, -0.2) is 19.3 Å². The standard InChI is InChI=1S/C23H17BrFN3O3S2/c1-13-2-8-16(9-3-13)33(30,31)28-21-18(22(26)29)11-10-17(20(21)25)23-27-19(12-32-23)14-4-6-15(24)7-5-14/h2-12,28H,1H3,(H2,26,29). The van der Waals surface area contributed by atoms with E-state index in [1.165, 1.54) is 35.6 Å². The molecule has 0 spiro atoms. The van der Waals surface area contributed by atoms with E-state index in [0.29, 0.717) is 10.7 Å². The first kappa shape index (κ1) is 23.1. The number of carbonyl (C=O) groups excluding carboxylic acids is 1. The molecule has 0 aliphatic heterocycles. The fourth-order valence-corrected chi connectivity index (χ4v) is 5.30. The van der Waals surface area contributed by atoms with Crippen molar-refractivity contribution in [2.75, 3.05) is 4.72 Å². The zero-order valence-corrected chi connectivity index (χ0v) is 20.4. The van der Waals surface area contributed by atoms with E-state index in [9.17, 15) is 13.2 Å². The molecule has 0 saturated carbocycles. The summed E-state index contributed by atoms with van der Waals surface area (Å²) in [5.74, 6) is -1.89. The van der Waals surface area contributed by atoms with Crippen molar-refractivity contribution in [3.8, 4) is 21.8 Å². The van der Waals surface area contributed by atoms with Gasteiger partial charge in [-0.05, 0) is 43.3 Å². The van der Waals surface area contributed by atoms with Gasteiger partial charge in [-0.1, -0.05) is 45.8 Å². The van der Waals surface area contributed by atoms with Gasteiger partial charge in [-0.25, -0.2) is 17.8 Å². The molecule has 0 fully saturated rings. The van der Waals surface area contributed by atoms with Crippen LogP contribution >= 0.6 is 27.3 Å². The highest BCUT2D eigenvalue weighted by atomic mass is 79.9. The molecule has 0 aliphatic carbocycles. The fourth-order valence-electron chi connectivity index (χ4n) is 3.11. The van der Waals surface area contributed by atoms with Crippen molar-refractivity contribution in [3.05, 3.63) is 87.5 Å². The highest BCUT2D eigenvalue weighted by Gasteiger charge is 2.24. The minimum Gasteiger partial charge on any atom is -0.366 e. The second-order valence-corrected chi connectivity index (χ2v) is 10.6. The van der Waals surface area contributed by atoms with E-state index in [0.717, 1.165) is 15.6 Å². The lowest BCUT2D eigenvalue weighted by Crippen LogP contribution is -2.20. The maximum absolute atomic E-state index is 15.6. The molecule has 3 aromatic carbocycles. The number of aromatic nitrogens is 1. The molecule has 1 amide bonds. The Bertz CT molecular complexity index is 1450. The van der Waals surface area contributed by atoms with Gasteiger partial charge < -0.3 is 5.73 Å². The number of nitrogens with one attached hydrogen (secondary N) is 1. The lowest BCUT2D eigenvalue weighted by atomic mass is 10.1. The Labute approximate surface area is 202 Å². The molecule has 0 unspecified atom stereocenters. The molecule has 3 N–H and O–H groups in total. The molecule has 0 saturated heterocycles. The molecule has 4 rings (SSSR count). The Kier molecular flexibility index (Phi) is 6.33. The van der Waals surface area contributed by atoms with Gasteiger partial charge in [0, 0.05) is 21.0 Å². The van der Waals surface area contributed by atoms with Crippen LogP contribution in [0.25, 0.3) is 21.8 Å². The first-order chi connectivity index (χ1) is 15.7. The molecule has 0 bridgehead atoms. The van der Waals surface area contributed by atoms with E-state index in [4.69, 9.17) is 5.73 Å². The molecular formula is C23H17BrFN3O3S2. The SMILES string of the molecule is Cc1ccc(S(=O)(=O)Nc2c(C(N)=O)ccc(-c3nc(-c4ccc(Br)cc4)cs3)c2F)cc1. The zero-order valence-electron chi connectivity index (χ0n) is 17.2. The number of halogens is 2. The summed E-state index contributed by atoms with van der Waals surface area (Å²) < 4.78 is 44.4. The molecule has 1 heterocycles. The second-order valence-electron chi connectivity index (χ2n) is 7.18. The molecule has 0 atom stereocenters. The van der Waals surface area contributed by atoms with Crippen LogP contribution in [0.2, 0.25) is 0 Å². The quantitative estimate of drug-likeness (QED) is 0.329. The Morgan fingerprint density at radius 2 is 1.73 bits per heavy atom. The number of nitrogens with zero attached hydrogens (tertiary/aromatic N) is 1. The van der Waals surface area contributed by atoms with Crippen LogP contribution in [0.1, 0.15) is 15.9 Å². The van der Waals surface area contributed by atoms with Crippen molar-refractivity contribution >= 4 is 48.9 Å². The summed E-state index contributed by atoms with van der Waals surface area (Å²) in [6.07, 6.45) is 0. The minimum absolute atomic E-state index is 0.0509. The van der Waals surface area contributed by atoms with E-state index in [1.807, 2.05) is 31.2 Å². The predicted octanol–water partition coefficient (Wildman–Crippen LogP) is 5.59. The van der Waals surface area contributed by atoms with Crippen molar-refractivity contribution in [2.24, 2.45) is 5.73 Å². The molecule has 33 heavy (non-hydrogen) atoms. The molecule has 4 aromatic rings. The number of carbonyl (C=O) groups is 1. The number of anilines is 1. The van der Waals surface area contributed by atoms with Gasteiger partial charge in [-0.2, -0.15) is 0 Å². The third kappa shape index (κ3) is 4.82. The Morgan fingerprint density at radius 1 is 1.06 bits per heavy atom. The average molecular weight is 546 g/mol. The fraction of sp³-hybridized carbons (Fsp3) is 0.0435. The summed E-state index contributed by atoms with van der Waals surface area (Å²) in [5.41, 5.74) is 6.99. The van der Waals surface area contributed by atoms with Crippen LogP contribution in [0.15, 0.2) is 75.4 Å². The highest BCUT2D eigenvalue weighted by Crippen LogP contribution is 2.35. The summed E-state index contributed by atoms with van der Waals surface area (Å²) in [7, 11) is -4.17. The number of hydrogen-bond acceptors (Lipinski definition) is 5. The van der Waals surface area contributed by atoms with Crippen molar-refractivity contribution < 1.29 is 17.6 Å². The van der Waals surface area contributed by atoms with E-state index in [2.05, 4.69) is 25.6 Å². The van der Waals surface area contributed by atoms with Crippen LogP contribution in [0.5, 0.6) is 0 Å². The number of benzene rings is 3. The van der Waals surface area contributed by atoms with Gasteiger partial charge in [-0.15, -0.1) is 11.3 Å². The molecule has 0 aliphatic rings. The largest absolute Gasteiger partial charge is 0.366 e. The van der Waals surface area contributed by atoms with Crippen LogP contribution in [0.4, 0.5) is 10.1 Å². The number of hydrogen-bond donors (Lipinski definition) is 2. The van der Waals surface area contributed by atoms with Crippen molar-refractivity contribution in [1.29, 1.82) is 0 Å². The molecule has 168 valence electrons. The average Bonchev–Trinajstić information content (AvgIpc) is 3.25. The van der Waals surface area contributed by atoms with Gasteiger partial charge in [-0.3, -0.25) is 9.52 Å². The highest BCUT2D eigenvalue weighted by molar-refractivity contribution is 9.10. The molecule has 6 nitrogen and oxygen atoms in total. The van der Waals surface area contributed by atoms with Crippen molar-refractivity contribution in [1.82, 2.24) is 4.98 Å². The van der Waals surface area contributed by atoms with Gasteiger partial charge in [0.2, 0.25) is 0 Å². The van der Waals surface area contributed by atoms with Crippen LogP contribution in [0.3, 0.4) is 0 Å². The first-order valence-electron chi connectivity index (χ1n) is 9.59. The number of aryl methyl sites for hydroxylation is 1. The van der Waals surface area contributed by atoms with E-state index >= 15 is 4.39 Å². The van der Waals surface area contributed by atoms with Crippen LogP contribution < -0.4 is 10.5 Å². The Balaban J connectivity index is 1.77. The van der Waals surface area contributed by atoms with E-state index in [1.54, 1.807) is 17.5 Å². The van der Waals surface area contributed by atoms with E-state index < -0.39 is 27.4 Å². The van der Waals surface area contributed by atoms with Crippen LogP contribution in [0, 0.1) is 12.7 Å². The molecule has 1 aromatic heterocycles. The Morgan fingerprint density at radius 3 is 2.36 bits per heavy atom. The topological polar surface area (TPSA) is 102 Å². The normalized spacial score (nSPS) is 11.4. The number of rotatable bonds is 6. The van der Waals surface area contributed by atoms with Gasteiger partial charge in [0.1, 0.15) is 5.01 Å². The maximum Gasteiger partial charge on any atom is 0.262 e. The monoisotopic (exact) mass is 545 g/mol. The maximum atomic E-state index is 15.6. The number of amides is 1. The lowest BCUT2D eigenvalue weighted by molar-refractivity contribution is 0.100. The third-order valence-corrected chi connectivity index (χ3v) is 7.62. The van der Waals surface area contributed by atoms with Crippen molar-refractivity contribution in [3.63, 3.8) is 0 Å². The summed E-state index contributed by atoms with van der Waals surface area (Å²) in [6.45, 7) is 1.81. The number of thiazole rings is 1. The summed E-state index contributed by atoms with van der Waals surface area (Å²) >= 11 is 4.58. The molecular weight excluding hydrogens is 529 g/mol.